The summed E-state index contributed by atoms with van der Waals surface area (Å²) in [5.41, 5.74) is 7.44. The van der Waals surface area contributed by atoms with Crippen LogP contribution >= 0.6 is 11.8 Å². The lowest BCUT2D eigenvalue weighted by molar-refractivity contribution is 0.104. The second kappa shape index (κ2) is 5.46. The zero-order valence-corrected chi connectivity index (χ0v) is 11.5. The van der Waals surface area contributed by atoms with Gasteiger partial charge in [-0.05, 0) is 31.7 Å². The molecule has 2 atom stereocenters. The molecule has 0 aliphatic carbocycles. The first kappa shape index (κ1) is 13.0. The topological polar surface area (TPSA) is 42.4 Å². The van der Waals surface area contributed by atoms with Crippen LogP contribution in [0.2, 0.25) is 0 Å². The maximum atomic E-state index is 6.08. The average molecular weight is 254 g/mol. The van der Waals surface area contributed by atoms with Crippen LogP contribution in [-0.2, 0) is 6.54 Å². The molecule has 1 fully saturated rings. The maximum absolute atomic E-state index is 6.08. The summed E-state index contributed by atoms with van der Waals surface area (Å²) in [7, 11) is 2.18. The Hall–Kier alpha value is -0.450. The standard InChI is InChI=1S/C13H22N2OS/c1-11-13(10-14,5-3-7-17-11)15(2)8-12-4-6-16-9-12/h4,6,9,11H,3,5,7-8,10,14H2,1-2H3. The number of nitrogens with two attached hydrogens (primary N) is 1. The Bertz CT molecular complexity index is 341. The fourth-order valence-electron chi connectivity index (χ4n) is 2.74. The molecule has 0 radical (unpaired) electrons. The lowest BCUT2D eigenvalue weighted by Crippen LogP contribution is -2.59. The van der Waals surface area contributed by atoms with Crippen molar-refractivity contribution in [3.8, 4) is 0 Å². The van der Waals surface area contributed by atoms with E-state index >= 15 is 0 Å². The predicted octanol–water partition coefficient (Wildman–Crippen LogP) is 2.32. The summed E-state index contributed by atoms with van der Waals surface area (Å²) < 4.78 is 5.13. The van der Waals surface area contributed by atoms with E-state index in [-0.39, 0.29) is 5.54 Å². The van der Waals surface area contributed by atoms with Gasteiger partial charge in [-0.2, -0.15) is 11.8 Å². The second-order valence-corrected chi connectivity index (χ2v) is 6.36. The zero-order valence-electron chi connectivity index (χ0n) is 10.7. The van der Waals surface area contributed by atoms with Crippen LogP contribution in [0, 0.1) is 0 Å². The fourth-order valence-corrected chi connectivity index (χ4v) is 4.10. The van der Waals surface area contributed by atoms with E-state index in [9.17, 15) is 0 Å². The molecule has 4 heteroatoms. The van der Waals surface area contributed by atoms with Gasteiger partial charge >= 0.3 is 0 Å². The van der Waals surface area contributed by atoms with Crippen molar-refractivity contribution < 1.29 is 4.42 Å². The minimum Gasteiger partial charge on any atom is -0.472 e. The summed E-state index contributed by atoms with van der Waals surface area (Å²) in [6.07, 6.45) is 6.02. The van der Waals surface area contributed by atoms with E-state index in [2.05, 4.69) is 18.9 Å². The zero-order chi connectivity index (χ0) is 12.3. The molecule has 0 aromatic carbocycles. The summed E-state index contributed by atoms with van der Waals surface area (Å²) in [5.74, 6) is 1.27. The Balaban J connectivity index is 2.10. The number of hydrogen-bond donors (Lipinski definition) is 1. The van der Waals surface area contributed by atoms with Crippen LogP contribution in [0.1, 0.15) is 25.3 Å². The van der Waals surface area contributed by atoms with E-state index < -0.39 is 0 Å². The molecule has 0 amide bonds. The Morgan fingerprint density at radius 3 is 3.06 bits per heavy atom. The summed E-state index contributed by atoms with van der Waals surface area (Å²) in [6.45, 7) is 3.96. The number of furan rings is 1. The van der Waals surface area contributed by atoms with Crippen molar-refractivity contribution in [3.63, 3.8) is 0 Å². The van der Waals surface area contributed by atoms with Crippen molar-refractivity contribution in [3.05, 3.63) is 24.2 Å². The van der Waals surface area contributed by atoms with Crippen molar-refractivity contribution >= 4 is 11.8 Å². The van der Waals surface area contributed by atoms with Crippen LogP contribution < -0.4 is 5.73 Å². The van der Waals surface area contributed by atoms with Crippen LogP contribution in [0.3, 0.4) is 0 Å². The Kier molecular flexibility index (Phi) is 4.17. The number of likely N-dealkylation sites (N-methyl/N-ethyl adjacent to an activating group) is 1. The number of hydrogen-bond acceptors (Lipinski definition) is 4. The first-order chi connectivity index (χ1) is 8.19. The van der Waals surface area contributed by atoms with Gasteiger partial charge in [0.25, 0.3) is 0 Å². The van der Waals surface area contributed by atoms with Crippen LogP contribution in [0.15, 0.2) is 23.0 Å². The van der Waals surface area contributed by atoms with Gasteiger partial charge in [0.1, 0.15) is 0 Å². The molecule has 2 rings (SSSR count). The number of thioether (sulfide) groups is 1. The van der Waals surface area contributed by atoms with E-state index in [0.717, 1.165) is 13.1 Å². The molecule has 1 saturated heterocycles. The molecule has 2 unspecified atom stereocenters. The minimum atomic E-state index is 0.139. The van der Waals surface area contributed by atoms with E-state index in [0.29, 0.717) is 5.25 Å². The van der Waals surface area contributed by atoms with Gasteiger partial charge in [0.15, 0.2) is 0 Å². The molecule has 3 nitrogen and oxygen atoms in total. The highest BCUT2D eigenvalue weighted by molar-refractivity contribution is 8.00. The highest BCUT2D eigenvalue weighted by atomic mass is 32.2. The molecule has 1 aliphatic heterocycles. The Labute approximate surface area is 108 Å². The van der Waals surface area contributed by atoms with E-state index in [1.54, 1.807) is 6.26 Å². The van der Waals surface area contributed by atoms with Crippen LogP contribution in [0.4, 0.5) is 0 Å². The Morgan fingerprint density at radius 2 is 2.47 bits per heavy atom. The monoisotopic (exact) mass is 254 g/mol. The molecule has 2 N–H and O–H groups in total. The van der Waals surface area contributed by atoms with Crippen molar-refractivity contribution in [2.45, 2.75) is 37.1 Å². The highest BCUT2D eigenvalue weighted by Gasteiger charge is 2.40. The quantitative estimate of drug-likeness (QED) is 0.895. The molecule has 1 aliphatic rings. The second-order valence-electron chi connectivity index (χ2n) is 4.91. The smallest absolute Gasteiger partial charge is 0.0947 e. The van der Waals surface area contributed by atoms with Crippen LogP contribution in [0.5, 0.6) is 0 Å². The lowest BCUT2D eigenvalue weighted by Gasteiger charge is -2.48. The van der Waals surface area contributed by atoms with Crippen molar-refractivity contribution in [2.24, 2.45) is 5.73 Å². The third kappa shape index (κ3) is 2.54. The van der Waals surface area contributed by atoms with Gasteiger partial charge in [-0.1, -0.05) is 6.92 Å². The first-order valence-electron chi connectivity index (χ1n) is 6.23. The lowest BCUT2D eigenvalue weighted by atomic mass is 9.87. The normalized spacial score (nSPS) is 29.8. The molecule has 2 heterocycles. The summed E-state index contributed by atoms with van der Waals surface area (Å²) in [5, 5.41) is 0.596. The average Bonchev–Trinajstić information content (AvgIpc) is 2.82. The van der Waals surface area contributed by atoms with Gasteiger partial charge < -0.3 is 10.2 Å². The van der Waals surface area contributed by atoms with Gasteiger partial charge in [-0.25, -0.2) is 0 Å². The fraction of sp³-hybridized carbons (Fsp3) is 0.692. The SMILES string of the molecule is CC1SCCCC1(CN)N(C)Cc1ccoc1. The molecule has 1 aromatic rings. The number of rotatable bonds is 4. The van der Waals surface area contributed by atoms with Gasteiger partial charge in [0.2, 0.25) is 0 Å². The molecule has 0 spiro atoms. The molecule has 17 heavy (non-hydrogen) atoms. The maximum Gasteiger partial charge on any atom is 0.0947 e. The molecule has 96 valence electrons. The highest BCUT2D eigenvalue weighted by Crippen LogP contribution is 2.37. The van der Waals surface area contributed by atoms with Crippen LogP contribution in [0.25, 0.3) is 0 Å². The van der Waals surface area contributed by atoms with Gasteiger partial charge in [0, 0.05) is 29.4 Å². The first-order valence-corrected chi connectivity index (χ1v) is 7.28. The molecular weight excluding hydrogens is 232 g/mol. The van der Waals surface area contributed by atoms with Crippen molar-refractivity contribution in [2.75, 3.05) is 19.3 Å². The van der Waals surface area contributed by atoms with Gasteiger partial charge in [0.05, 0.1) is 12.5 Å². The van der Waals surface area contributed by atoms with E-state index in [1.165, 1.54) is 24.2 Å². The summed E-state index contributed by atoms with van der Waals surface area (Å²) >= 11 is 2.05. The van der Waals surface area contributed by atoms with Crippen molar-refractivity contribution in [1.29, 1.82) is 0 Å². The minimum absolute atomic E-state index is 0.139. The largest absolute Gasteiger partial charge is 0.472 e. The van der Waals surface area contributed by atoms with Gasteiger partial charge in [-0.15, -0.1) is 0 Å². The summed E-state index contributed by atoms with van der Waals surface area (Å²) in [6, 6.07) is 2.03. The predicted molar refractivity (Wildman–Crippen MR) is 73.1 cm³/mol. The third-order valence-electron chi connectivity index (χ3n) is 3.99. The third-order valence-corrected chi connectivity index (χ3v) is 5.46. The van der Waals surface area contributed by atoms with Crippen LogP contribution in [-0.4, -0.2) is 35.0 Å². The molecular formula is C13H22N2OS. The van der Waals surface area contributed by atoms with Gasteiger partial charge in [-0.3, -0.25) is 4.90 Å². The van der Waals surface area contributed by atoms with E-state index in [1.807, 2.05) is 24.1 Å². The Morgan fingerprint density at radius 1 is 1.65 bits per heavy atom. The van der Waals surface area contributed by atoms with Crippen molar-refractivity contribution in [1.82, 2.24) is 4.90 Å². The molecule has 0 bridgehead atoms. The molecule has 0 saturated carbocycles. The van der Waals surface area contributed by atoms with E-state index in [4.69, 9.17) is 10.2 Å². The molecule has 1 aromatic heterocycles. The number of nitrogens with zero attached hydrogens (tertiary/aromatic N) is 1. The summed E-state index contributed by atoms with van der Waals surface area (Å²) in [4.78, 5) is 2.41.